The van der Waals surface area contributed by atoms with Gasteiger partial charge in [0.1, 0.15) is 22.8 Å². The maximum absolute atomic E-state index is 13.5. The number of carbonyl (C=O) groups is 6. The average molecular weight is 886 g/mol. The van der Waals surface area contributed by atoms with E-state index in [-0.39, 0.29) is 49.8 Å². The Morgan fingerprint density at radius 3 is 1.49 bits per heavy atom. The van der Waals surface area contributed by atoms with Crippen molar-refractivity contribution in [2.45, 2.75) is 201 Å². The molecule has 2 aromatic rings. The Hall–Kier alpha value is -5.08. The summed E-state index contributed by atoms with van der Waals surface area (Å²) in [4.78, 5) is 83.5. The van der Waals surface area contributed by atoms with Crippen molar-refractivity contribution in [1.29, 1.82) is 0 Å². The summed E-state index contributed by atoms with van der Waals surface area (Å²) in [6.45, 7) is 16.4. The van der Waals surface area contributed by atoms with Crippen molar-refractivity contribution < 1.29 is 58.0 Å². The van der Waals surface area contributed by atoms with E-state index < -0.39 is 58.4 Å². The van der Waals surface area contributed by atoms with Crippen molar-refractivity contribution in [3.63, 3.8) is 0 Å². The first-order chi connectivity index (χ1) is 29.4. The highest BCUT2D eigenvalue weighted by atomic mass is 16.7. The van der Waals surface area contributed by atoms with Crippen LogP contribution in [0.3, 0.4) is 0 Å². The predicted octanol–water partition coefficient (Wildman–Crippen LogP) is 8.64. The summed E-state index contributed by atoms with van der Waals surface area (Å²) in [6.07, 6.45) is 13.1. The molecule has 0 saturated carbocycles. The molecule has 63 heavy (non-hydrogen) atoms. The van der Waals surface area contributed by atoms with E-state index in [9.17, 15) is 39.0 Å². The number of nitrogens with zero attached hydrogens (tertiary/aromatic N) is 2. The van der Waals surface area contributed by atoms with Crippen LogP contribution < -0.4 is 10.2 Å². The van der Waals surface area contributed by atoms with Gasteiger partial charge < -0.3 is 39.5 Å². The first-order valence-corrected chi connectivity index (χ1v) is 22.6. The smallest absolute Gasteiger partial charge is 0.333 e. The normalized spacial score (nSPS) is 12.3. The molecule has 0 aliphatic heterocycles. The molecule has 2 rings (SSSR count). The van der Waals surface area contributed by atoms with E-state index in [0.29, 0.717) is 17.6 Å². The number of carbonyl (C=O) groups excluding carboxylic acids is 6. The highest BCUT2D eigenvalue weighted by Crippen LogP contribution is 2.21. The van der Waals surface area contributed by atoms with Gasteiger partial charge in [0.2, 0.25) is 17.7 Å². The lowest BCUT2D eigenvalue weighted by Gasteiger charge is -2.25. The van der Waals surface area contributed by atoms with E-state index in [1.54, 1.807) is 70.7 Å². The number of aromatic nitrogens is 1. The lowest BCUT2D eigenvalue weighted by molar-refractivity contribution is -0.158. The van der Waals surface area contributed by atoms with Gasteiger partial charge in [-0.3, -0.25) is 19.2 Å². The molecule has 0 unspecified atom stereocenters. The molecule has 15 nitrogen and oxygen atoms in total. The van der Waals surface area contributed by atoms with Crippen molar-refractivity contribution >= 4 is 35.7 Å². The number of hydrogen-bond donors (Lipinski definition) is 3. The SMILES string of the molecule is CC(C)(C)OC(=O)CCCCCCCCCCCCCCC(=O)N(CCC(=O)OC(C)(C)C)Cc1ccc(C(=O)N[C@H](CCC(=O)On2c(O)ccc2O)C(=O)OC(C)(C)C)cc1. The number of unbranched alkanes of at least 4 members (excludes halogenated alkanes) is 11. The molecular formula is C48H75N3O12. The molecule has 1 heterocycles. The number of nitrogens with one attached hydrogen (secondary N) is 1. The summed E-state index contributed by atoms with van der Waals surface area (Å²) in [5.41, 5.74) is -1.02. The number of ether oxygens (including phenoxy) is 3. The van der Waals surface area contributed by atoms with E-state index >= 15 is 0 Å². The van der Waals surface area contributed by atoms with E-state index in [0.717, 1.165) is 69.1 Å². The maximum atomic E-state index is 13.5. The molecule has 1 atom stereocenters. The van der Waals surface area contributed by atoms with Crippen molar-refractivity contribution in [3.05, 3.63) is 47.5 Å². The lowest BCUT2D eigenvalue weighted by Crippen LogP contribution is -2.44. The number of rotatable bonds is 27. The molecule has 1 aromatic heterocycles. The highest BCUT2D eigenvalue weighted by Gasteiger charge is 2.29. The standard InChI is InChI=1S/C48H75N3O12/c1-46(2,3)60-41(55)23-21-19-17-15-13-11-10-12-14-16-18-20-22-38(52)50(33-32-42(56)61-47(4,5)6)34-35-24-26-36(27-25-35)44(58)49-37(45(59)62-48(7,8)9)28-31-43(57)63-51-39(53)29-30-40(51)54/h24-27,29-30,37,53-54H,10-23,28,31-34H2,1-9H3,(H,49,58)/t37-/m1/s1. The van der Waals surface area contributed by atoms with Gasteiger partial charge in [0.05, 0.1) is 12.8 Å². The largest absolute Gasteiger partial charge is 0.492 e. The monoisotopic (exact) mass is 886 g/mol. The minimum Gasteiger partial charge on any atom is -0.492 e. The number of amides is 2. The van der Waals surface area contributed by atoms with E-state index in [2.05, 4.69) is 5.32 Å². The molecule has 0 fully saturated rings. The lowest BCUT2D eigenvalue weighted by atomic mass is 10.0. The number of aromatic hydroxyl groups is 2. The first-order valence-electron chi connectivity index (χ1n) is 22.6. The summed E-state index contributed by atoms with van der Waals surface area (Å²) in [6, 6.07) is 7.56. The third-order valence-corrected chi connectivity index (χ3v) is 9.51. The van der Waals surface area contributed by atoms with Crippen LogP contribution in [0, 0.1) is 0 Å². The summed E-state index contributed by atoms with van der Waals surface area (Å²) >= 11 is 0. The number of hydrogen-bond acceptors (Lipinski definition) is 12. The molecule has 0 aliphatic rings. The van der Waals surface area contributed by atoms with Crippen molar-refractivity contribution in [3.8, 4) is 11.8 Å². The van der Waals surface area contributed by atoms with Crippen LogP contribution in [0.25, 0.3) is 0 Å². The van der Waals surface area contributed by atoms with Crippen molar-refractivity contribution in [1.82, 2.24) is 14.9 Å². The van der Waals surface area contributed by atoms with Gasteiger partial charge in [-0.25, -0.2) is 9.59 Å². The maximum Gasteiger partial charge on any atom is 0.333 e. The van der Waals surface area contributed by atoms with Crippen molar-refractivity contribution in [2.75, 3.05) is 6.54 Å². The minimum absolute atomic E-state index is 0.0307. The first kappa shape index (κ1) is 54.1. The Bertz CT molecular complexity index is 1730. The van der Waals surface area contributed by atoms with Crippen LogP contribution in [-0.4, -0.2) is 84.9 Å². The quantitative estimate of drug-likeness (QED) is 0.0439. The zero-order valence-electron chi connectivity index (χ0n) is 39.3. The molecule has 3 N–H and O–H groups in total. The number of benzene rings is 1. The van der Waals surface area contributed by atoms with Crippen LogP contribution in [0.5, 0.6) is 11.8 Å². The molecule has 1 aromatic carbocycles. The zero-order chi connectivity index (χ0) is 47.2. The van der Waals surface area contributed by atoms with Gasteiger partial charge in [0, 0.05) is 43.6 Å². The Labute approximate surface area is 374 Å². The molecule has 0 spiro atoms. The Morgan fingerprint density at radius 2 is 1.02 bits per heavy atom. The van der Waals surface area contributed by atoms with Crippen LogP contribution >= 0.6 is 0 Å². The van der Waals surface area contributed by atoms with Crippen LogP contribution in [0.4, 0.5) is 0 Å². The Balaban J connectivity index is 1.89. The van der Waals surface area contributed by atoms with Gasteiger partial charge >= 0.3 is 23.9 Å². The number of esters is 3. The molecule has 2 amide bonds. The fourth-order valence-corrected chi connectivity index (χ4v) is 6.53. The fourth-order valence-electron chi connectivity index (χ4n) is 6.53. The molecule has 15 heteroatoms. The minimum atomic E-state index is -1.23. The van der Waals surface area contributed by atoms with Crippen LogP contribution in [0.2, 0.25) is 0 Å². The summed E-state index contributed by atoms with van der Waals surface area (Å²) in [5.74, 6) is -3.85. The average Bonchev–Trinajstić information content (AvgIpc) is 3.48. The summed E-state index contributed by atoms with van der Waals surface area (Å²) < 4.78 is 16.9. The van der Waals surface area contributed by atoms with Crippen molar-refractivity contribution in [2.24, 2.45) is 0 Å². The third kappa shape index (κ3) is 24.4. The fraction of sp³-hybridized carbons (Fsp3) is 0.667. The molecule has 0 bridgehead atoms. The van der Waals surface area contributed by atoms with E-state index in [1.165, 1.54) is 25.7 Å². The zero-order valence-corrected chi connectivity index (χ0v) is 39.3. The molecule has 354 valence electrons. The Kier molecular flexibility index (Phi) is 22.8. The Morgan fingerprint density at radius 1 is 0.571 bits per heavy atom. The van der Waals surface area contributed by atoms with Gasteiger partial charge in [-0.05, 0) is 99.3 Å². The van der Waals surface area contributed by atoms with Gasteiger partial charge in [0.15, 0.2) is 0 Å². The van der Waals surface area contributed by atoms with Gasteiger partial charge in [-0.1, -0.05) is 76.3 Å². The summed E-state index contributed by atoms with van der Waals surface area (Å²) in [7, 11) is 0. The van der Waals surface area contributed by atoms with E-state index in [4.69, 9.17) is 19.0 Å². The van der Waals surface area contributed by atoms with Crippen LogP contribution in [0.15, 0.2) is 36.4 Å². The highest BCUT2D eigenvalue weighted by molar-refractivity contribution is 5.97. The molecule has 0 saturated heterocycles. The molecule has 0 aliphatic carbocycles. The van der Waals surface area contributed by atoms with Crippen LogP contribution in [-0.2, 0) is 44.7 Å². The second kappa shape index (κ2) is 26.5. The third-order valence-electron chi connectivity index (χ3n) is 9.51. The molecule has 0 radical (unpaired) electrons. The summed E-state index contributed by atoms with van der Waals surface area (Å²) in [5, 5.41) is 22.2. The van der Waals surface area contributed by atoms with Gasteiger partial charge in [-0.15, -0.1) is 4.73 Å². The van der Waals surface area contributed by atoms with Gasteiger partial charge in [-0.2, -0.15) is 0 Å². The second-order valence-corrected chi connectivity index (χ2v) is 19.1. The van der Waals surface area contributed by atoms with E-state index in [1.807, 2.05) is 20.8 Å². The molecular weight excluding hydrogens is 811 g/mol. The topological polar surface area (TPSA) is 200 Å². The predicted molar refractivity (Wildman–Crippen MR) is 238 cm³/mol. The second-order valence-electron chi connectivity index (χ2n) is 19.1. The van der Waals surface area contributed by atoms with Crippen LogP contribution in [0.1, 0.15) is 187 Å². The van der Waals surface area contributed by atoms with Gasteiger partial charge in [0.25, 0.3) is 5.91 Å².